The minimum Gasteiger partial charge on any atom is -0.356 e. The van der Waals surface area contributed by atoms with Gasteiger partial charge in [0, 0.05) is 19.8 Å². The van der Waals surface area contributed by atoms with Gasteiger partial charge in [0.25, 0.3) is 0 Å². The standard InChI is InChI=1S/C16H25N7/c1-4-5-9-18-16(19-11-14-8-6-7-10-17-14)20-12-15-22-21-13(2)23(15)3/h6-8,10H,4-5,9,11-12H2,1-3H3,(H2,18,19,20). The van der Waals surface area contributed by atoms with Gasteiger partial charge in [-0.3, -0.25) is 4.98 Å². The molecule has 0 saturated heterocycles. The Labute approximate surface area is 137 Å². The first-order chi connectivity index (χ1) is 11.2. The molecule has 0 atom stereocenters. The Morgan fingerprint density at radius 1 is 1.26 bits per heavy atom. The van der Waals surface area contributed by atoms with Crippen molar-refractivity contribution in [1.29, 1.82) is 0 Å². The lowest BCUT2D eigenvalue weighted by atomic mass is 10.3. The maximum atomic E-state index is 4.59. The summed E-state index contributed by atoms with van der Waals surface area (Å²) in [7, 11) is 1.96. The number of aryl methyl sites for hydroxylation is 1. The third kappa shape index (κ3) is 5.36. The molecule has 0 aliphatic rings. The van der Waals surface area contributed by atoms with E-state index in [0.717, 1.165) is 42.7 Å². The van der Waals surface area contributed by atoms with E-state index in [0.29, 0.717) is 13.1 Å². The van der Waals surface area contributed by atoms with E-state index in [1.54, 1.807) is 6.20 Å². The molecule has 0 bridgehead atoms. The molecular weight excluding hydrogens is 290 g/mol. The molecule has 124 valence electrons. The second-order valence-electron chi connectivity index (χ2n) is 5.34. The summed E-state index contributed by atoms with van der Waals surface area (Å²) >= 11 is 0. The summed E-state index contributed by atoms with van der Waals surface area (Å²) in [6, 6.07) is 5.85. The van der Waals surface area contributed by atoms with E-state index in [9.17, 15) is 0 Å². The lowest BCUT2D eigenvalue weighted by Crippen LogP contribution is -2.38. The predicted molar refractivity (Wildman–Crippen MR) is 90.9 cm³/mol. The van der Waals surface area contributed by atoms with Crippen molar-refractivity contribution >= 4 is 5.96 Å². The highest BCUT2D eigenvalue weighted by Gasteiger charge is 2.06. The summed E-state index contributed by atoms with van der Waals surface area (Å²) in [6.07, 6.45) is 4.03. The number of unbranched alkanes of at least 4 members (excludes halogenated alkanes) is 1. The summed E-state index contributed by atoms with van der Waals surface area (Å²) in [5.74, 6) is 2.54. The number of nitrogens with zero attached hydrogens (tertiary/aromatic N) is 5. The molecule has 0 radical (unpaired) electrons. The molecule has 0 unspecified atom stereocenters. The maximum Gasteiger partial charge on any atom is 0.192 e. The van der Waals surface area contributed by atoms with E-state index in [4.69, 9.17) is 0 Å². The van der Waals surface area contributed by atoms with Crippen molar-refractivity contribution in [3.8, 4) is 0 Å². The largest absolute Gasteiger partial charge is 0.356 e. The molecule has 0 spiro atoms. The smallest absolute Gasteiger partial charge is 0.192 e. The maximum absolute atomic E-state index is 4.59. The highest BCUT2D eigenvalue weighted by molar-refractivity contribution is 5.79. The summed E-state index contributed by atoms with van der Waals surface area (Å²) in [4.78, 5) is 8.89. The second kappa shape index (κ2) is 8.87. The van der Waals surface area contributed by atoms with Gasteiger partial charge < -0.3 is 15.2 Å². The first-order valence-electron chi connectivity index (χ1n) is 7.97. The number of rotatable bonds is 7. The van der Waals surface area contributed by atoms with Gasteiger partial charge >= 0.3 is 0 Å². The van der Waals surface area contributed by atoms with Crippen LogP contribution in [0.5, 0.6) is 0 Å². The third-order valence-electron chi connectivity index (χ3n) is 3.54. The molecule has 0 aromatic carbocycles. The van der Waals surface area contributed by atoms with Gasteiger partial charge in [0.1, 0.15) is 5.82 Å². The molecule has 2 rings (SSSR count). The van der Waals surface area contributed by atoms with Crippen LogP contribution < -0.4 is 10.6 Å². The molecule has 2 heterocycles. The first-order valence-corrected chi connectivity index (χ1v) is 7.97. The zero-order chi connectivity index (χ0) is 16.5. The summed E-state index contributed by atoms with van der Waals surface area (Å²) in [5.41, 5.74) is 0.943. The predicted octanol–water partition coefficient (Wildman–Crippen LogP) is 1.55. The Morgan fingerprint density at radius 2 is 2.13 bits per heavy atom. The van der Waals surface area contributed by atoms with Gasteiger partial charge in [0.2, 0.25) is 0 Å². The van der Waals surface area contributed by atoms with Gasteiger partial charge in [0.15, 0.2) is 11.8 Å². The minimum absolute atomic E-state index is 0.542. The van der Waals surface area contributed by atoms with Crippen LogP contribution in [0.3, 0.4) is 0 Å². The average molecular weight is 315 g/mol. The van der Waals surface area contributed by atoms with Gasteiger partial charge in [-0.05, 0) is 25.5 Å². The Hall–Kier alpha value is -2.44. The van der Waals surface area contributed by atoms with E-state index in [2.05, 4.69) is 37.7 Å². The van der Waals surface area contributed by atoms with Gasteiger partial charge in [-0.25, -0.2) is 4.99 Å². The summed E-state index contributed by atoms with van der Waals surface area (Å²) < 4.78 is 1.97. The molecule has 0 amide bonds. The molecule has 7 heteroatoms. The van der Waals surface area contributed by atoms with Crippen molar-refractivity contribution in [2.45, 2.75) is 39.8 Å². The third-order valence-corrected chi connectivity index (χ3v) is 3.54. The fraction of sp³-hybridized carbons (Fsp3) is 0.500. The van der Waals surface area contributed by atoms with E-state index in [1.807, 2.05) is 36.7 Å². The fourth-order valence-corrected chi connectivity index (χ4v) is 1.98. The molecule has 2 N–H and O–H groups in total. The number of aliphatic imine (C=N–C) groups is 1. The van der Waals surface area contributed by atoms with Crippen LogP contribution in [-0.4, -0.2) is 32.3 Å². The first kappa shape index (κ1) is 16.9. The second-order valence-corrected chi connectivity index (χ2v) is 5.34. The van der Waals surface area contributed by atoms with Crippen LogP contribution in [0.2, 0.25) is 0 Å². The lowest BCUT2D eigenvalue weighted by Gasteiger charge is -2.12. The topological polar surface area (TPSA) is 80.0 Å². The van der Waals surface area contributed by atoms with Gasteiger partial charge in [-0.2, -0.15) is 0 Å². The Bertz CT molecular complexity index is 619. The van der Waals surface area contributed by atoms with E-state index in [1.165, 1.54) is 0 Å². The normalized spacial score (nSPS) is 11.5. The van der Waals surface area contributed by atoms with E-state index < -0.39 is 0 Å². The van der Waals surface area contributed by atoms with Crippen molar-refractivity contribution in [3.63, 3.8) is 0 Å². The van der Waals surface area contributed by atoms with Crippen LogP contribution in [0, 0.1) is 6.92 Å². The fourth-order valence-electron chi connectivity index (χ4n) is 1.98. The SMILES string of the molecule is CCCCNC(=NCc1ccccn1)NCc1nnc(C)n1C. The van der Waals surface area contributed by atoms with Crippen molar-refractivity contribution in [3.05, 3.63) is 41.7 Å². The number of hydrogen-bond acceptors (Lipinski definition) is 4. The summed E-state index contributed by atoms with van der Waals surface area (Å²) in [5, 5.41) is 14.9. The molecule has 0 saturated carbocycles. The monoisotopic (exact) mass is 315 g/mol. The lowest BCUT2D eigenvalue weighted by molar-refractivity contribution is 0.695. The Kier molecular flexibility index (Phi) is 6.53. The van der Waals surface area contributed by atoms with Crippen LogP contribution in [-0.2, 0) is 20.1 Å². The average Bonchev–Trinajstić information content (AvgIpc) is 2.90. The Morgan fingerprint density at radius 3 is 2.78 bits per heavy atom. The van der Waals surface area contributed by atoms with Crippen molar-refractivity contribution in [1.82, 2.24) is 30.4 Å². The number of nitrogens with one attached hydrogen (secondary N) is 2. The zero-order valence-electron chi connectivity index (χ0n) is 14.1. The van der Waals surface area contributed by atoms with E-state index >= 15 is 0 Å². The van der Waals surface area contributed by atoms with Crippen LogP contribution in [0.1, 0.15) is 37.1 Å². The molecule has 2 aromatic heterocycles. The van der Waals surface area contributed by atoms with Crippen LogP contribution in [0.4, 0.5) is 0 Å². The summed E-state index contributed by atoms with van der Waals surface area (Å²) in [6.45, 7) is 6.12. The van der Waals surface area contributed by atoms with Crippen LogP contribution in [0.15, 0.2) is 29.4 Å². The molecule has 0 aliphatic carbocycles. The molecule has 0 fully saturated rings. The number of guanidine groups is 1. The zero-order valence-corrected chi connectivity index (χ0v) is 14.1. The number of pyridine rings is 1. The molecule has 7 nitrogen and oxygen atoms in total. The highest BCUT2D eigenvalue weighted by Crippen LogP contribution is 1.98. The number of hydrogen-bond donors (Lipinski definition) is 2. The van der Waals surface area contributed by atoms with Crippen LogP contribution >= 0.6 is 0 Å². The molecule has 2 aromatic rings. The van der Waals surface area contributed by atoms with Gasteiger partial charge in [-0.15, -0.1) is 10.2 Å². The molecule has 0 aliphatic heterocycles. The van der Waals surface area contributed by atoms with Crippen molar-refractivity contribution in [2.75, 3.05) is 6.54 Å². The van der Waals surface area contributed by atoms with E-state index in [-0.39, 0.29) is 0 Å². The molecular formula is C16H25N7. The van der Waals surface area contributed by atoms with Crippen LogP contribution in [0.25, 0.3) is 0 Å². The van der Waals surface area contributed by atoms with Gasteiger partial charge in [-0.1, -0.05) is 19.4 Å². The van der Waals surface area contributed by atoms with Crippen molar-refractivity contribution < 1.29 is 0 Å². The highest BCUT2D eigenvalue weighted by atomic mass is 15.3. The van der Waals surface area contributed by atoms with Gasteiger partial charge in [0.05, 0.1) is 18.8 Å². The van der Waals surface area contributed by atoms with Crippen molar-refractivity contribution in [2.24, 2.45) is 12.0 Å². The molecule has 23 heavy (non-hydrogen) atoms. The number of aromatic nitrogens is 4. The minimum atomic E-state index is 0.542. The Balaban J connectivity index is 1.96. The quantitative estimate of drug-likeness (QED) is 0.460.